The topological polar surface area (TPSA) is 233 Å². The number of Topliss-reactive ketones (excluding diaryl/α,β-unsaturated/α-hetero) is 2. The summed E-state index contributed by atoms with van der Waals surface area (Å²) in [5.74, 6) is 0.486. The Morgan fingerprint density at radius 3 is 0.986 bits per heavy atom. The molecule has 0 atom stereocenters. The van der Waals surface area contributed by atoms with E-state index in [0.29, 0.717) is 144 Å². The van der Waals surface area contributed by atoms with E-state index in [1.54, 1.807) is 0 Å². The third-order valence-electron chi connectivity index (χ3n) is 18.5. The van der Waals surface area contributed by atoms with Crippen molar-refractivity contribution in [2.24, 2.45) is 70.7 Å². The van der Waals surface area contributed by atoms with E-state index in [-0.39, 0.29) is 52.4 Å². The summed E-state index contributed by atoms with van der Waals surface area (Å²) in [6, 6.07) is 0. The van der Waals surface area contributed by atoms with Crippen molar-refractivity contribution < 1.29 is 76.1 Å². The normalized spacial score (nSPS) is 42.1. The fourth-order valence-corrected chi connectivity index (χ4v) is 18.4. The molecule has 12 bridgehead atoms. The maximum absolute atomic E-state index is 11.4. The minimum atomic E-state index is -0.461. The quantitative estimate of drug-likeness (QED) is 0.0656. The summed E-state index contributed by atoms with van der Waals surface area (Å²) >= 11 is 6.91. The summed E-state index contributed by atoms with van der Waals surface area (Å²) in [6.07, 6.45) is 2.19. The third-order valence-corrected chi connectivity index (χ3v) is 20.3. The molecule has 3 N–H and O–H groups in total. The van der Waals surface area contributed by atoms with Crippen molar-refractivity contribution in [1.82, 2.24) is 5.32 Å². The highest BCUT2D eigenvalue weighted by atomic mass is 35.5. The Kier molecular flexibility index (Phi) is 12.9. The fraction of sp³-hybridized carbons (Fsp3) is 0.875. The second-order valence-electron chi connectivity index (χ2n) is 20.1. The van der Waals surface area contributed by atoms with Gasteiger partial charge in [-0.2, -0.15) is 0 Å². The van der Waals surface area contributed by atoms with Crippen molar-refractivity contribution in [2.45, 2.75) is 39.5 Å². The van der Waals surface area contributed by atoms with Crippen LogP contribution in [0.4, 0.5) is 0 Å². The Bertz CT molecular complexity index is 1730. The lowest BCUT2D eigenvalue weighted by Gasteiger charge is -2.08. The number of hydrogen-bond acceptors (Lipinski definition) is 19. The molecule has 21 heteroatoms. The first kappa shape index (κ1) is 50.9. The van der Waals surface area contributed by atoms with Gasteiger partial charge in [0.05, 0.1) is 104 Å². The Morgan fingerprint density at radius 2 is 0.739 bits per heavy atom. The predicted octanol–water partition coefficient (Wildman–Crippen LogP) is 1.48. The molecule has 0 heterocycles. The largest absolute Gasteiger partial charge is 0.379 e. The molecule has 0 aromatic carbocycles. The minimum absolute atomic E-state index is 0.00154. The lowest BCUT2D eigenvalue weighted by atomic mass is 10.0. The smallest absolute Gasteiger partial charge is 0.247 e. The monoisotopic (exact) mass is 1030 g/mol. The molecule has 14 aliphatic rings. The van der Waals surface area contributed by atoms with Gasteiger partial charge in [-0.3, -0.25) is 28.8 Å². The molecule has 14 saturated carbocycles. The molecule has 0 unspecified atom stereocenters. The molecule has 14 rings (SSSR count). The van der Waals surface area contributed by atoms with Crippen molar-refractivity contribution in [3.05, 3.63) is 0 Å². The first-order chi connectivity index (χ1) is 33.5. The number of carbonyl (C=O) groups excluding carboxylic acids is 6. The van der Waals surface area contributed by atoms with E-state index in [4.69, 9.17) is 55.2 Å². The number of nitrogens with one attached hydrogen (secondary N) is 1. The van der Waals surface area contributed by atoms with Crippen LogP contribution in [0.15, 0.2) is 0 Å². The number of carbonyl (C=O) groups is 6. The van der Waals surface area contributed by atoms with Crippen LogP contribution in [-0.4, -0.2) is 191 Å². The SMILES string of the molecule is C123C45C16C21C34C561.C123C45C16C21C34C561.CC(=O)SCC(=O)CCCOCCOCCOCCOCCN.COCC(=O)Cl.COCC(=O)NCCOCCOCCOCCOCCCC(=O)CSC(C)=O. The lowest BCUT2D eigenvalue weighted by molar-refractivity contribution is -0.125. The van der Waals surface area contributed by atoms with E-state index < -0.39 is 5.24 Å². The molecule has 14 aliphatic carbocycles. The average Bonchev–Trinajstić information content (AvgIpc) is 3.93. The van der Waals surface area contributed by atoms with Gasteiger partial charge in [-0.05, 0) is 24.4 Å². The number of methoxy groups -OCH3 is 2. The summed E-state index contributed by atoms with van der Waals surface area (Å²) < 4.78 is 51.5. The molecule has 1 amide bonds. The van der Waals surface area contributed by atoms with E-state index in [9.17, 15) is 28.8 Å². The molecular weight excluding hydrogens is 960 g/mol. The van der Waals surface area contributed by atoms with Crippen molar-refractivity contribution >= 4 is 68.1 Å². The Balaban J connectivity index is 0.000000113. The number of rotatable bonds is 39. The molecule has 18 nitrogen and oxygen atoms in total. The van der Waals surface area contributed by atoms with E-state index in [1.165, 1.54) is 93.0 Å². The van der Waals surface area contributed by atoms with Crippen LogP contribution < -0.4 is 11.1 Å². The first-order valence-electron chi connectivity index (χ1n) is 24.5. The van der Waals surface area contributed by atoms with Gasteiger partial charge in [-0.15, -0.1) is 0 Å². The number of hydrogen-bond donors (Lipinski definition) is 2. The van der Waals surface area contributed by atoms with Crippen molar-refractivity contribution in [3.63, 3.8) is 0 Å². The number of ketones is 2. The van der Waals surface area contributed by atoms with Crippen LogP contribution in [0.5, 0.6) is 0 Å². The highest BCUT2D eigenvalue weighted by Crippen LogP contribution is 4.01. The van der Waals surface area contributed by atoms with Crippen LogP contribution in [0.1, 0.15) is 39.5 Å². The number of thioether (sulfide) groups is 2. The van der Waals surface area contributed by atoms with Gasteiger partial charge in [0.25, 0.3) is 0 Å². The fourth-order valence-electron chi connectivity index (χ4n) is 17.3. The van der Waals surface area contributed by atoms with Gasteiger partial charge < -0.3 is 58.4 Å². The van der Waals surface area contributed by atoms with Crippen LogP contribution in [0.3, 0.4) is 0 Å². The molecule has 0 aliphatic heterocycles. The van der Waals surface area contributed by atoms with Gasteiger partial charge in [-0.1, -0.05) is 23.5 Å². The summed E-state index contributed by atoms with van der Waals surface area (Å²) in [7, 11) is 2.88. The molecule has 14 fully saturated rings. The van der Waals surface area contributed by atoms with Gasteiger partial charge in [-0.25, -0.2) is 0 Å². The molecule has 69 heavy (non-hydrogen) atoms. The van der Waals surface area contributed by atoms with E-state index in [1.807, 2.05) is 0 Å². The lowest BCUT2D eigenvalue weighted by Crippen LogP contribution is -2.30. The second kappa shape index (κ2) is 17.5. The van der Waals surface area contributed by atoms with E-state index in [2.05, 4.69) is 14.8 Å². The zero-order valence-electron chi connectivity index (χ0n) is 40.2. The molecule has 0 aromatic heterocycles. The van der Waals surface area contributed by atoms with Crippen LogP contribution >= 0.6 is 35.1 Å². The summed E-state index contributed by atoms with van der Waals surface area (Å²) in [4.78, 5) is 65.0. The van der Waals surface area contributed by atoms with Crippen LogP contribution in [0.25, 0.3) is 0 Å². The number of ether oxygens (including phenoxy) is 10. The standard InChI is InChI=1S/C18H33NO8S.C15H29NO6S.2C6.C3H5ClO2/c1-16(20)28-15-17(21)4-3-6-24-8-10-26-12-13-27-11-9-25-7-5-19-18(22)14-23-2;1-14(17)23-13-15(18)3-2-5-19-7-9-21-11-12-22-10-8-20-6-4-16;2*1-2-3(1)5(1)4(1,2)6(2,3)5;1-6-2-3(4)5/h3-15H2,1-2H3,(H,19,22);2-13,16H2,1H3;;;2H2,1H3. The van der Waals surface area contributed by atoms with Crippen molar-refractivity contribution in [3.8, 4) is 0 Å². The molecular formula is C48H67ClN2O16S2. The Morgan fingerprint density at radius 1 is 0.449 bits per heavy atom. The minimum Gasteiger partial charge on any atom is -0.379 e. The molecule has 0 saturated heterocycles. The maximum Gasteiger partial charge on any atom is 0.247 e. The zero-order valence-corrected chi connectivity index (χ0v) is 42.6. The first-order valence-corrected chi connectivity index (χ1v) is 26.9. The van der Waals surface area contributed by atoms with Gasteiger partial charge in [0.1, 0.15) is 24.8 Å². The second-order valence-corrected chi connectivity index (χ2v) is 22.8. The summed E-state index contributed by atoms with van der Waals surface area (Å²) in [6.45, 7) is 11.8. The molecule has 0 aromatic rings. The van der Waals surface area contributed by atoms with E-state index in [0.717, 1.165) is 23.5 Å². The number of halogens is 1. The Hall–Kier alpha value is -1.63. The highest BCUT2D eigenvalue weighted by Gasteiger charge is 4.01. The van der Waals surface area contributed by atoms with Gasteiger partial charge in [0.15, 0.2) is 10.2 Å². The van der Waals surface area contributed by atoms with Gasteiger partial charge in [0, 0.05) is 132 Å². The van der Waals surface area contributed by atoms with Crippen molar-refractivity contribution in [1.29, 1.82) is 0 Å². The van der Waals surface area contributed by atoms with Crippen molar-refractivity contribution in [2.75, 3.05) is 158 Å². The highest BCUT2D eigenvalue weighted by molar-refractivity contribution is 8.14. The summed E-state index contributed by atoms with van der Waals surface area (Å²) in [5.41, 5.74) is 20.3. The third kappa shape index (κ3) is 5.05. The average molecular weight is 1030 g/mol. The summed E-state index contributed by atoms with van der Waals surface area (Å²) in [5, 5.41) is 2.12. The molecule has 0 radical (unpaired) electrons. The van der Waals surface area contributed by atoms with E-state index >= 15 is 0 Å². The van der Waals surface area contributed by atoms with Crippen LogP contribution in [0.2, 0.25) is 0 Å². The van der Waals surface area contributed by atoms with Gasteiger partial charge >= 0.3 is 0 Å². The Labute approximate surface area is 415 Å². The predicted molar refractivity (Wildman–Crippen MR) is 247 cm³/mol. The van der Waals surface area contributed by atoms with Crippen LogP contribution in [0, 0.1) is 65.0 Å². The number of amides is 1. The zero-order chi connectivity index (χ0) is 49.0. The maximum atomic E-state index is 11.4. The van der Waals surface area contributed by atoms with Crippen LogP contribution in [-0.2, 0) is 76.1 Å². The molecule has 4 spiro atoms. The number of nitrogens with two attached hydrogens (primary N) is 1. The molecule has 384 valence electrons. The van der Waals surface area contributed by atoms with Gasteiger partial charge in [0.2, 0.25) is 11.1 Å².